The lowest BCUT2D eigenvalue weighted by molar-refractivity contribution is -0.121. The van der Waals surface area contributed by atoms with E-state index < -0.39 is 6.04 Å². The molecule has 2 aromatic carbocycles. The molecule has 1 aliphatic carbocycles. The quantitative estimate of drug-likeness (QED) is 0.313. The van der Waals surface area contributed by atoms with Gasteiger partial charge >= 0.3 is 0 Å². The third kappa shape index (κ3) is 5.32. The van der Waals surface area contributed by atoms with E-state index in [9.17, 15) is 9.90 Å². The Morgan fingerprint density at radius 2 is 1.86 bits per heavy atom. The molecule has 1 saturated carbocycles. The summed E-state index contributed by atoms with van der Waals surface area (Å²) < 4.78 is 6.48. The van der Waals surface area contributed by atoms with Crippen LogP contribution in [0.3, 0.4) is 0 Å². The summed E-state index contributed by atoms with van der Waals surface area (Å²) in [7, 11) is 1.79. The largest absolute Gasteiger partial charge is 0.402 e. The number of aromatic nitrogens is 4. The molecular formula is C26H24N6O3S. The van der Waals surface area contributed by atoms with Gasteiger partial charge in [0.25, 0.3) is 11.7 Å². The van der Waals surface area contributed by atoms with Crippen molar-refractivity contribution in [2.75, 3.05) is 6.61 Å². The van der Waals surface area contributed by atoms with Gasteiger partial charge in [-0.1, -0.05) is 48.2 Å². The van der Waals surface area contributed by atoms with Gasteiger partial charge in [-0.3, -0.25) is 9.10 Å². The van der Waals surface area contributed by atoms with Gasteiger partial charge in [0.2, 0.25) is 0 Å². The molecule has 1 aromatic heterocycles. The Bertz CT molecular complexity index is 1330. The van der Waals surface area contributed by atoms with Crippen molar-refractivity contribution in [2.24, 2.45) is 12.0 Å². The van der Waals surface area contributed by atoms with Gasteiger partial charge in [-0.2, -0.15) is 4.80 Å². The summed E-state index contributed by atoms with van der Waals surface area (Å²) >= 11 is 1.10. The van der Waals surface area contributed by atoms with Crippen LogP contribution in [0.15, 0.2) is 65.9 Å². The number of rotatable bonds is 6. The fourth-order valence-electron chi connectivity index (χ4n) is 4.18. The highest BCUT2D eigenvalue weighted by Crippen LogP contribution is 2.46. The molecule has 36 heavy (non-hydrogen) atoms. The van der Waals surface area contributed by atoms with Crippen LogP contribution in [0.1, 0.15) is 41.6 Å². The second-order valence-corrected chi connectivity index (χ2v) is 9.48. The van der Waals surface area contributed by atoms with Gasteiger partial charge in [0.05, 0.1) is 13.7 Å². The number of carbonyl (C=O) groups excluding carboxylic acids is 1. The van der Waals surface area contributed by atoms with E-state index in [1.807, 2.05) is 24.3 Å². The van der Waals surface area contributed by atoms with Crippen LogP contribution in [-0.4, -0.2) is 54.0 Å². The van der Waals surface area contributed by atoms with Crippen LogP contribution in [0.4, 0.5) is 0 Å². The van der Waals surface area contributed by atoms with Gasteiger partial charge in [-0.25, -0.2) is 4.99 Å². The number of tetrazole rings is 1. The predicted octanol–water partition coefficient (Wildman–Crippen LogP) is 3.21. The molecule has 9 nitrogen and oxygen atoms in total. The molecule has 1 aliphatic heterocycles. The van der Waals surface area contributed by atoms with E-state index in [-0.39, 0.29) is 11.8 Å². The van der Waals surface area contributed by atoms with Gasteiger partial charge in [0.15, 0.2) is 5.82 Å². The molecule has 0 bridgehead atoms. The number of hydrogen-bond donors (Lipinski definition) is 1. The molecule has 0 radical (unpaired) electrons. The highest BCUT2D eigenvalue weighted by atomic mass is 32.2. The summed E-state index contributed by atoms with van der Waals surface area (Å²) in [6.07, 6.45) is 5.29. The number of carbonyl (C=O) groups is 1. The standard InChI is InChI=1S/C26H24N6O3S/c1-31-29-25(28-30-31)23-14-22(15-23)21-9-7-20(8-10-21)19-5-2-18(3-6-19)4-11-24(16-33)32-13-12-27-26(36-32)35-17-34/h2-3,5-10,12-13,17,22-24,33H,14-16H2,1H3. The first kappa shape index (κ1) is 23.8. The smallest absolute Gasteiger partial charge is 0.300 e. The number of hydrogen-bond acceptors (Lipinski definition) is 9. The molecule has 1 fully saturated rings. The Balaban J connectivity index is 1.19. The highest BCUT2D eigenvalue weighted by Gasteiger charge is 2.34. The van der Waals surface area contributed by atoms with Crippen molar-refractivity contribution in [1.29, 1.82) is 0 Å². The minimum Gasteiger partial charge on any atom is -0.402 e. The van der Waals surface area contributed by atoms with E-state index in [0.717, 1.165) is 47.3 Å². The summed E-state index contributed by atoms with van der Waals surface area (Å²) in [6, 6.07) is 16.3. The number of ether oxygens (including phenoxy) is 1. The van der Waals surface area contributed by atoms with Crippen LogP contribution < -0.4 is 0 Å². The van der Waals surface area contributed by atoms with E-state index >= 15 is 0 Å². The third-order valence-corrected chi connectivity index (χ3v) is 7.16. The summed E-state index contributed by atoms with van der Waals surface area (Å²) in [5.41, 5.74) is 4.45. The minimum absolute atomic E-state index is 0.180. The van der Waals surface area contributed by atoms with Gasteiger partial charge in [-0.15, -0.1) is 10.2 Å². The molecule has 0 spiro atoms. The molecule has 10 heteroatoms. The lowest BCUT2D eigenvalue weighted by Gasteiger charge is -2.33. The predicted molar refractivity (Wildman–Crippen MR) is 136 cm³/mol. The number of aryl methyl sites for hydroxylation is 1. The molecule has 2 aliphatic rings. The van der Waals surface area contributed by atoms with Crippen molar-refractivity contribution in [3.8, 4) is 23.0 Å². The van der Waals surface area contributed by atoms with Gasteiger partial charge < -0.3 is 9.84 Å². The molecule has 1 atom stereocenters. The van der Waals surface area contributed by atoms with Crippen LogP contribution >= 0.6 is 11.9 Å². The van der Waals surface area contributed by atoms with Crippen molar-refractivity contribution in [3.63, 3.8) is 0 Å². The van der Waals surface area contributed by atoms with Crippen LogP contribution in [0, 0.1) is 11.8 Å². The lowest BCUT2D eigenvalue weighted by atomic mass is 9.71. The zero-order valence-corrected chi connectivity index (χ0v) is 20.4. The van der Waals surface area contributed by atoms with E-state index in [2.05, 4.69) is 56.5 Å². The zero-order chi connectivity index (χ0) is 24.9. The lowest BCUT2D eigenvalue weighted by Crippen LogP contribution is -2.30. The first-order valence-corrected chi connectivity index (χ1v) is 12.3. The Labute approximate surface area is 213 Å². The van der Waals surface area contributed by atoms with Crippen LogP contribution in [0.25, 0.3) is 11.1 Å². The topological polar surface area (TPSA) is 106 Å². The zero-order valence-electron chi connectivity index (χ0n) is 19.6. The molecule has 3 aromatic rings. The molecule has 182 valence electrons. The number of aliphatic imine (C=N–C) groups is 1. The Morgan fingerprint density at radius 3 is 2.50 bits per heavy atom. The van der Waals surface area contributed by atoms with Crippen LogP contribution in [0.2, 0.25) is 0 Å². The fraction of sp³-hybridized carbons (Fsp3) is 0.269. The molecule has 1 N–H and O–H groups in total. The maximum Gasteiger partial charge on any atom is 0.300 e. The summed E-state index contributed by atoms with van der Waals surface area (Å²) in [5, 5.41) is 22.4. The first-order valence-electron chi connectivity index (χ1n) is 11.5. The van der Waals surface area contributed by atoms with E-state index in [1.165, 1.54) is 16.6 Å². The average Bonchev–Trinajstić information content (AvgIpc) is 3.30. The molecule has 5 rings (SSSR count). The van der Waals surface area contributed by atoms with Gasteiger partial charge in [0.1, 0.15) is 6.04 Å². The van der Waals surface area contributed by atoms with E-state index in [0.29, 0.717) is 18.3 Å². The number of benzene rings is 2. The van der Waals surface area contributed by atoms with Crippen molar-refractivity contribution in [3.05, 3.63) is 77.9 Å². The Morgan fingerprint density at radius 1 is 1.14 bits per heavy atom. The monoisotopic (exact) mass is 500 g/mol. The number of nitrogens with zero attached hydrogens (tertiary/aromatic N) is 6. The summed E-state index contributed by atoms with van der Waals surface area (Å²) in [4.78, 5) is 16.0. The molecule has 1 unspecified atom stereocenters. The number of aliphatic hydroxyl groups is 1. The van der Waals surface area contributed by atoms with Crippen LogP contribution in [0.5, 0.6) is 0 Å². The second kappa shape index (κ2) is 10.8. The minimum atomic E-state index is -0.477. The average molecular weight is 501 g/mol. The highest BCUT2D eigenvalue weighted by molar-refractivity contribution is 8.11. The van der Waals surface area contributed by atoms with E-state index in [1.54, 1.807) is 17.6 Å². The second-order valence-electron chi connectivity index (χ2n) is 8.53. The maximum atomic E-state index is 10.5. The van der Waals surface area contributed by atoms with Crippen molar-refractivity contribution in [1.82, 2.24) is 24.5 Å². The first-order chi connectivity index (χ1) is 17.6. The summed E-state index contributed by atoms with van der Waals surface area (Å²) in [5.74, 6) is 7.95. The van der Waals surface area contributed by atoms with Crippen molar-refractivity contribution >= 4 is 23.6 Å². The number of aliphatic hydroxyl groups excluding tert-OH is 1. The maximum absolute atomic E-state index is 10.5. The van der Waals surface area contributed by atoms with Gasteiger partial charge in [0, 0.05) is 35.8 Å². The van der Waals surface area contributed by atoms with E-state index in [4.69, 9.17) is 4.74 Å². The van der Waals surface area contributed by atoms with Crippen LogP contribution in [-0.2, 0) is 16.6 Å². The normalized spacial score (nSPS) is 19.5. The summed E-state index contributed by atoms with van der Waals surface area (Å²) in [6.45, 7) is 0.139. The SMILES string of the molecule is Cn1nnc(C2CC(c3ccc(-c4ccc(C#CC(CO)N5C=CN=C(OC=O)S5)cc4)cc3)C2)n1. The Kier molecular flexibility index (Phi) is 7.11. The Hall–Kier alpha value is -3.94. The molecular weight excluding hydrogens is 476 g/mol. The molecule has 2 heterocycles. The van der Waals surface area contributed by atoms with Crippen molar-refractivity contribution in [2.45, 2.75) is 30.7 Å². The fourth-order valence-corrected chi connectivity index (χ4v) is 4.91. The molecule has 0 saturated heterocycles. The third-order valence-electron chi connectivity index (χ3n) is 6.22. The molecule has 0 amide bonds. The van der Waals surface area contributed by atoms with Gasteiger partial charge in [-0.05, 0) is 52.8 Å². The van der Waals surface area contributed by atoms with Crippen molar-refractivity contribution < 1.29 is 14.6 Å².